The van der Waals surface area contributed by atoms with Crippen molar-refractivity contribution in [2.24, 2.45) is 11.7 Å². The first-order chi connectivity index (χ1) is 9.02. The van der Waals surface area contributed by atoms with E-state index in [9.17, 15) is 9.59 Å². The molecule has 2 N–H and O–H groups in total. The Morgan fingerprint density at radius 2 is 2.05 bits per heavy atom. The Bertz CT molecular complexity index is 527. The lowest BCUT2D eigenvalue weighted by molar-refractivity contribution is -0.145. The van der Waals surface area contributed by atoms with Crippen LogP contribution in [0.25, 0.3) is 0 Å². The molecule has 0 aromatic heterocycles. The number of thiocarbonyl (C=S) groups is 1. The molecule has 1 saturated heterocycles. The number of carbonyl (C=O) groups is 2. The zero-order valence-corrected chi connectivity index (χ0v) is 11.3. The number of nitrogens with two attached hydrogens (primary N) is 1. The molecule has 100 valence electrons. The highest BCUT2D eigenvalue weighted by Crippen LogP contribution is 2.26. The molecule has 1 aliphatic rings. The molecule has 1 aromatic rings. The molecule has 1 heterocycles. The number of esters is 1. The Morgan fingerprint density at radius 1 is 1.42 bits per heavy atom. The van der Waals surface area contributed by atoms with Gasteiger partial charge in [-0.15, -0.1) is 0 Å². The summed E-state index contributed by atoms with van der Waals surface area (Å²) in [6.45, 7) is 0.345. The van der Waals surface area contributed by atoms with Crippen LogP contribution in [0.3, 0.4) is 0 Å². The fraction of sp³-hybridized carbons (Fsp3) is 0.308. The molecule has 0 bridgehead atoms. The fourth-order valence-electron chi connectivity index (χ4n) is 2.09. The molecular formula is C13H14N2O3S. The number of nitrogens with zero attached hydrogens (tertiary/aromatic N) is 1. The van der Waals surface area contributed by atoms with Crippen molar-refractivity contribution in [2.45, 2.75) is 6.42 Å². The maximum atomic E-state index is 11.9. The minimum atomic E-state index is -0.396. The number of hydrogen-bond donors (Lipinski definition) is 1. The molecule has 1 aliphatic heterocycles. The fourth-order valence-corrected chi connectivity index (χ4v) is 2.22. The van der Waals surface area contributed by atoms with Crippen LogP contribution >= 0.6 is 12.2 Å². The molecule has 5 nitrogen and oxygen atoms in total. The van der Waals surface area contributed by atoms with Gasteiger partial charge in [0.1, 0.15) is 4.99 Å². The van der Waals surface area contributed by atoms with Gasteiger partial charge in [-0.05, 0) is 24.3 Å². The highest BCUT2D eigenvalue weighted by Gasteiger charge is 2.35. The number of benzene rings is 1. The topological polar surface area (TPSA) is 72.6 Å². The van der Waals surface area contributed by atoms with Crippen molar-refractivity contribution in [3.8, 4) is 0 Å². The van der Waals surface area contributed by atoms with E-state index in [1.165, 1.54) is 7.11 Å². The third-order valence-corrected chi connectivity index (χ3v) is 3.36. The number of anilines is 1. The highest BCUT2D eigenvalue weighted by molar-refractivity contribution is 7.80. The van der Waals surface area contributed by atoms with E-state index in [-0.39, 0.29) is 18.3 Å². The molecule has 1 unspecified atom stereocenters. The van der Waals surface area contributed by atoms with Crippen LogP contribution in [-0.2, 0) is 14.3 Å². The van der Waals surface area contributed by atoms with Crippen LogP contribution < -0.4 is 10.6 Å². The van der Waals surface area contributed by atoms with Gasteiger partial charge in [-0.2, -0.15) is 0 Å². The van der Waals surface area contributed by atoms with Gasteiger partial charge in [0.2, 0.25) is 5.91 Å². The Balaban J connectivity index is 2.16. The SMILES string of the molecule is COC(=O)C1CC(=O)N(c2ccc(C(N)=S)cc2)C1. The van der Waals surface area contributed by atoms with Crippen molar-refractivity contribution < 1.29 is 14.3 Å². The van der Waals surface area contributed by atoms with Crippen molar-refractivity contribution in [2.75, 3.05) is 18.6 Å². The van der Waals surface area contributed by atoms with Crippen molar-refractivity contribution in [3.63, 3.8) is 0 Å². The molecule has 1 amide bonds. The second-order valence-electron chi connectivity index (χ2n) is 4.34. The average Bonchev–Trinajstić information content (AvgIpc) is 2.80. The predicted molar refractivity (Wildman–Crippen MR) is 74.8 cm³/mol. The number of carbonyl (C=O) groups excluding carboxylic acids is 2. The van der Waals surface area contributed by atoms with Gasteiger partial charge in [-0.25, -0.2) is 0 Å². The molecule has 19 heavy (non-hydrogen) atoms. The van der Waals surface area contributed by atoms with E-state index in [4.69, 9.17) is 18.0 Å². The van der Waals surface area contributed by atoms with Gasteiger partial charge in [0.15, 0.2) is 0 Å². The van der Waals surface area contributed by atoms with Gasteiger partial charge < -0.3 is 15.4 Å². The van der Waals surface area contributed by atoms with E-state index in [1.54, 1.807) is 29.2 Å². The van der Waals surface area contributed by atoms with Crippen molar-refractivity contribution in [1.29, 1.82) is 0 Å². The molecular weight excluding hydrogens is 264 g/mol. The zero-order chi connectivity index (χ0) is 14.0. The second kappa shape index (κ2) is 5.36. The number of hydrogen-bond acceptors (Lipinski definition) is 4. The first kappa shape index (κ1) is 13.5. The van der Waals surface area contributed by atoms with E-state index in [1.807, 2.05) is 0 Å². The quantitative estimate of drug-likeness (QED) is 0.655. The summed E-state index contributed by atoms with van der Waals surface area (Å²) >= 11 is 4.87. The third kappa shape index (κ3) is 2.73. The Morgan fingerprint density at radius 3 is 2.58 bits per heavy atom. The molecule has 1 aromatic carbocycles. The monoisotopic (exact) mass is 278 g/mol. The molecule has 6 heteroatoms. The van der Waals surface area contributed by atoms with Gasteiger partial charge in [0, 0.05) is 24.2 Å². The number of ether oxygens (including phenoxy) is 1. The molecule has 1 fully saturated rings. The summed E-state index contributed by atoms with van der Waals surface area (Å²) in [7, 11) is 1.33. The first-order valence-electron chi connectivity index (χ1n) is 5.81. The lowest BCUT2D eigenvalue weighted by Gasteiger charge is -2.16. The summed E-state index contributed by atoms with van der Waals surface area (Å²) in [5, 5.41) is 0. The second-order valence-corrected chi connectivity index (χ2v) is 4.78. The molecule has 0 aliphatic carbocycles. The zero-order valence-electron chi connectivity index (χ0n) is 10.5. The maximum Gasteiger partial charge on any atom is 0.311 e. The first-order valence-corrected chi connectivity index (χ1v) is 6.22. The number of amides is 1. The maximum absolute atomic E-state index is 11.9. The lowest BCUT2D eigenvalue weighted by Crippen LogP contribution is -2.26. The number of rotatable bonds is 3. The number of methoxy groups -OCH3 is 1. The van der Waals surface area contributed by atoms with E-state index < -0.39 is 5.92 Å². The van der Waals surface area contributed by atoms with Gasteiger partial charge in [-0.3, -0.25) is 9.59 Å². The lowest BCUT2D eigenvalue weighted by atomic mass is 10.1. The average molecular weight is 278 g/mol. The summed E-state index contributed by atoms with van der Waals surface area (Å²) in [4.78, 5) is 25.2. The van der Waals surface area contributed by atoms with E-state index >= 15 is 0 Å². The predicted octanol–water partition coefficient (Wildman–Crippen LogP) is 0.847. The molecule has 0 spiro atoms. The Hall–Kier alpha value is -1.95. The highest BCUT2D eigenvalue weighted by atomic mass is 32.1. The summed E-state index contributed by atoms with van der Waals surface area (Å²) in [6, 6.07) is 7.06. The standard InChI is InChI=1S/C13H14N2O3S/c1-18-13(17)9-6-11(16)15(7-9)10-4-2-8(3-5-10)12(14)19/h2-5,9H,6-7H2,1H3,(H2,14,19). The van der Waals surface area contributed by atoms with Gasteiger partial charge in [0.05, 0.1) is 13.0 Å². The summed E-state index contributed by atoms with van der Waals surface area (Å²) in [5.74, 6) is -0.832. The van der Waals surface area contributed by atoms with Gasteiger partial charge in [-0.1, -0.05) is 12.2 Å². The van der Waals surface area contributed by atoms with E-state index in [0.717, 1.165) is 11.3 Å². The molecule has 0 radical (unpaired) electrons. The van der Waals surface area contributed by atoms with Crippen LogP contribution in [0.2, 0.25) is 0 Å². The summed E-state index contributed by atoms with van der Waals surface area (Å²) in [5.41, 5.74) is 6.99. The molecule has 1 atom stereocenters. The van der Waals surface area contributed by atoms with Crippen LogP contribution in [0.15, 0.2) is 24.3 Å². The van der Waals surface area contributed by atoms with E-state index in [2.05, 4.69) is 4.74 Å². The van der Waals surface area contributed by atoms with Gasteiger partial charge >= 0.3 is 5.97 Å². The van der Waals surface area contributed by atoms with Crippen LogP contribution in [0, 0.1) is 5.92 Å². The van der Waals surface area contributed by atoms with Crippen LogP contribution in [-0.4, -0.2) is 30.5 Å². The Kier molecular flexibility index (Phi) is 3.80. The normalized spacial score (nSPS) is 18.5. The van der Waals surface area contributed by atoms with Gasteiger partial charge in [0.25, 0.3) is 0 Å². The largest absolute Gasteiger partial charge is 0.469 e. The summed E-state index contributed by atoms with van der Waals surface area (Å²) < 4.78 is 4.67. The van der Waals surface area contributed by atoms with Crippen LogP contribution in [0.5, 0.6) is 0 Å². The minimum absolute atomic E-state index is 0.0847. The minimum Gasteiger partial charge on any atom is -0.469 e. The third-order valence-electron chi connectivity index (χ3n) is 3.12. The van der Waals surface area contributed by atoms with Crippen LogP contribution in [0.1, 0.15) is 12.0 Å². The smallest absolute Gasteiger partial charge is 0.311 e. The van der Waals surface area contributed by atoms with Crippen molar-refractivity contribution >= 4 is 34.8 Å². The van der Waals surface area contributed by atoms with Crippen LogP contribution in [0.4, 0.5) is 5.69 Å². The summed E-state index contributed by atoms with van der Waals surface area (Å²) in [6.07, 6.45) is 0.184. The Labute approximate surface area is 116 Å². The molecule has 0 saturated carbocycles. The van der Waals surface area contributed by atoms with Crippen molar-refractivity contribution in [1.82, 2.24) is 0 Å². The van der Waals surface area contributed by atoms with Crippen molar-refractivity contribution in [3.05, 3.63) is 29.8 Å². The van der Waals surface area contributed by atoms with E-state index in [0.29, 0.717) is 11.5 Å². The molecule has 2 rings (SSSR count).